The van der Waals surface area contributed by atoms with Crippen LogP contribution in [0, 0.1) is 13.8 Å². The number of carbonyl (C=O) groups excluding carboxylic acids is 1. The lowest BCUT2D eigenvalue weighted by Gasteiger charge is -2.12. The molecule has 0 spiro atoms. The molecule has 0 aliphatic heterocycles. The molecule has 0 radical (unpaired) electrons. The predicted molar refractivity (Wildman–Crippen MR) is 117 cm³/mol. The standard InChI is InChI=1S/C22H23F3N4O2S/c1-4-29-18(12-31-17-10-6-9-16(11-17)22(23,24)25)27-28-21(29)32-13-19(30)26-20-14(2)7-5-8-15(20)3/h5-11H,4,12-13H2,1-3H3,(H,26,30). The number of thioether (sulfide) groups is 1. The summed E-state index contributed by atoms with van der Waals surface area (Å²) in [6.45, 7) is 6.23. The monoisotopic (exact) mass is 464 g/mol. The lowest BCUT2D eigenvalue weighted by Crippen LogP contribution is -2.16. The minimum absolute atomic E-state index is 0.0443. The maximum absolute atomic E-state index is 12.9. The van der Waals surface area contributed by atoms with E-state index >= 15 is 0 Å². The van der Waals surface area contributed by atoms with Gasteiger partial charge in [0.15, 0.2) is 11.0 Å². The molecule has 0 saturated heterocycles. The molecule has 1 N–H and O–H groups in total. The van der Waals surface area contributed by atoms with Gasteiger partial charge in [-0.25, -0.2) is 0 Å². The van der Waals surface area contributed by atoms with Crippen LogP contribution in [0.1, 0.15) is 29.4 Å². The molecule has 0 aliphatic rings. The predicted octanol–water partition coefficient (Wildman–Crippen LogP) is 5.24. The maximum atomic E-state index is 12.9. The van der Waals surface area contributed by atoms with Crippen LogP contribution in [0.3, 0.4) is 0 Å². The fourth-order valence-electron chi connectivity index (χ4n) is 3.08. The molecule has 3 rings (SSSR count). The normalized spacial score (nSPS) is 11.4. The summed E-state index contributed by atoms with van der Waals surface area (Å²) in [6.07, 6.45) is -4.44. The Morgan fingerprint density at radius 1 is 1.12 bits per heavy atom. The van der Waals surface area contributed by atoms with Gasteiger partial charge in [-0.15, -0.1) is 10.2 Å². The van der Waals surface area contributed by atoms with Crippen molar-refractivity contribution in [2.45, 2.75) is 45.3 Å². The van der Waals surface area contributed by atoms with Crippen molar-refractivity contribution in [3.8, 4) is 5.75 Å². The van der Waals surface area contributed by atoms with E-state index in [1.165, 1.54) is 23.9 Å². The molecule has 0 aliphatic carbocycles. The quantitative estimate of drug-likeness (QED) is 0.462. The zero-order chi connectivity index (χ0) is 23.3. The highest BCUT2D eigenvalue weighted by Crippen LogP contribution is 2.31. The van der Waals surface area contributed by atoms with Gasteiger partial charge in [-0.05, 0) is 50.1 Å². The highest BCUT2D eigenvalue weighted by Gasteiger charge is 2.30. The number of hydrogen-bond acceptors (Lipinski definition) is 5. The summed E-state index contributed by atoms with van der Waals surface area (Å²) in [5, 5.41) is 11.6. The van der Waals surface area contributed by atoms with E-state index in [1.807, 2.05) is 39.0 Å². The molecule has 0 fully saturated rings. The van der Waals surface area contributed by atoms with E-state index < -0.39 is 11.7 Å². The summed E-state index contributed by atoms with van der Waals surface area (Å²) in [4.78, 5) is 12.4. The van der Waals surface area contributed by atoms with Gasteiger partial charge in [0.2, 0.25) is 5.91 Å². The molecule has 10 heteroatoms. The third-order valence-electron chi connectivity index (χ3n) is 4.72. The number of alkyl halides is 3. The second-order valence-electron chi connectivity index (χ2n) is 7.06. The average molecular weight is 465 g/mol. The number of amides is 1. The summed E-state index contributed by atoms with van der Waals surface area (Å²) in [7, 11) is 0. The fourth-order valence-corrected chi connectivity index (χ4v) is 3.90. The van der Waals surface area contributed by atoms with Crippen LogP contribution in [0.2, 0.25) is 0 Å². The number of para-hydroxylation sites is 1. The summed E-state index contributed by atoms with van der Waals surface area (Å²) in [5.41, 5.74) is 1.98. The first-order valence-electron chi connectivity index (χ1n) is 9.90. The Labute approximate surface area is 188 Å². The van der Waals surface area contributed by atoms with Crippen molar-refractivity contribution in [1.29, 1.82) is 0 Å². The van der Waals surface area contributed by atoms with E-state index in [9.17, 15) is 18.0 Å². The number of nitrogens with zero attached hydrogens (tertiary/aromatic N) is 3. The first-order chi connectivity index (χ1) is 15.2. The van der Waals surface area contributed by atoms with Crippen molar-refractivity contribution in [2.24, 2.45) is 0 Å². The number of anilines is 1. The third kappa shape index (κ3) is 5.82. The smallest absolute Gasteiger partial charge is 0.416 e. The molecule has 3 aromatic rings. The first-order valence-corrected chi connectivity index (χ1v) is 10.9. The van der Waals surface area contributed by atoms with Crippen molar-refractivity contribution in [1.82, 2.24) is 14.8 Å². The van der Waals surface area contributed by atoms with E-state index in [1.54, 1.807) is 4.57 Å². The molecule has 0 saturated carbocycles. The van der Waals surface area contributed by atoms with Gasteiger partial charge < -0.3 is 14.6 Å². The molecule has 0 bridgehead atoms. The van der Waals surface area contributed by atoms with Crippen LogP contribution in [0.4, 0.5) is 18.9 Å². The highest BCUT2D eigenvalue weighted by atomic mass is 32.2. The minimum atomic E-state index is -4.44. The Morgan fingerprint density at radius 2 is 1.81 bits per heavy atom. The molecule has 6 nitrogen and oxygen atoms in total. The van der Waals surface area contributed by atoms with Crippen LogP contribution in [0.25, 0.3) is 0 Å². The van der Waals surface area contributed by atoms with Crippen molar-refractivity contribution in [3.63, 3.8) is 0 Å². The highest BCUT2D eigenvalue weighted by molar-refractivity contribution is 7.99. The average Bonchev–Trinajstić information content (AvgIpc) is 3.15. The Balaban J connectivity index is 1.62. The third-order valence-corrected chi connectivity index (χ3v) is 5.68. The zero-order valence-electron chi connectivity index (χ0n) is 17.9. The molecule has 2 aromatic carbocycles. The van der Waals surface area contributed by atoms with Crippen molar-refractivity contribution in [3.05, 3.63) is 65.0 Å². The van der Waals surface area contributed by atoms with Gasteiger partial charge in [-0.3, -0.25) is 4.79 Å². The number of nitrogens with one attached hydrogen (secondary N) is 1. The van der Waals surface area contributed by atoms with Crippen LogP contribution in [0.5, 0.6) is 5.75 Å². The van der Waals surface area contributed by atoms with E-state index in [0.717, 1.165) is 28.9 Å². The van der Waals surface area contributed by atoms with Gasteiger partial charge in [0.1, 0.15) is 12.4 Å². The van der Waals surface area contributed by atoms with Gasteiger partial charge in [0.05, 0.1) is 11.3 Å². The van der Waals surface area contributed by atoms with E-state index in [-0.39, 0.29) is 24.0 Å². The molecule has 1 amide bonds. The number of halogens is 3. The molecule has 0 atom stereocenters. The second-order valence-corrected chi connectivity index (χ2v) is 8.00. The molecule has 170 valence electrons. The lowest BCUT2D eigenvalue weighted by atomic mass is 10.1. The van der Waals surface area contributed by atoms with Crippen LogP contribution in [-0.4, -0.2) is 26.4 Å². The molecule has 1 aromatic heterocycles. The van der Waals surface area contributed by atoms with Gasteiger partial charge in [-0.1, -0.05) is 36.0 Å². The number of rotatable bonds is 8. The lowest BCUT2D eigenvalue weighted by molar-refractivity contribution is -0.137. The summed E-state index contributed by atoms with van der Waals surface area (Å²) in [6, 6.07) is 10.5. The van der Waals surface area contributed by atoms with Crippen molar-refractivity contribution < 1.29 is 22.7 Å². The number of aromatic nitrogens is 3. The van der Waals surface area contributed by atoms with Gasteiger partial charge in [-0.2, -0.15) is 13.2 Å². The van der Waals surface area contributed by atoms with Gasteiger partial charge in [0.25, 0.3) is 0 Å². The second kappa shape index (κ2) is 10.1. The number of hydrogen-bond donors (Lipinski definition) is 1. The van der Waals surface area contributed by atoms with Crippen LogP contribution < -0.4 is 10.1 Å². The Bertz CT molecular complexity index is 1080. The van der Waals surface area contributed by atoms with Crippen LogP contribution in [-0.2, 0) is 24.1 Å². The largest absolute Gasteiger partial charge is 0.486 e. The minimum Gasteiger partial charge on any atom is -0.486 e. The van der Waals surface area contributed by atoms with Crippen molar-refractivity contribution >= 4 is 23.4 Å². The zero-order valence-corrected chi connectivity index (χ0v) is 18.7. The van der Waals surface area contributed by atoms with Crippen molar-refractivity contribution in [2.75, 3.05) is 11.1 Å². The van der Waals surface area contributed by atoms with Gasteiger partial charge in [0, 0.05) is 12.2 Å². The summed E-state index contributed by atoms with van der Waals surface area (Å²) in [5.74, 6) is 0.524. The molecular weight excluding hydrogens is 441 g/mol. The van der Waals surface area contributed by atoms with Crippen LogP contribution >= 0.6 is 11.8 Å². The van der Waals surface area contributed by atoms with Crippen LogP contribution in [0.15, 0.2) is 47.6 Å². The molecular formula is C22H23F3N4O2S. The fraction of sp³-hybridized carbons (Fsp3) is 0.318. The number of carbonyl (C=O) groups is 1. The summed E-state index contributed by atoms with van der Waals surface area (Å²) < 4.78 is 45.9. The Morgan fingerprint density at radius 3 is 2.47 bits per heavy atom. The summed E-state index contributed by atoms with van der Waals surface area (Å²) >= 11 is 1.23. The molecule has 32 heavy (non-hydrogen) atoms. The first kappa shape index (κ1) is 23.6. The SMILES string of the molecule is CCn1c(COc2cccc(C(F)(F)F)c2)nnc1SCC(=O)Nc1c(C)cccc1C. The van der Waals surface area contributed by atoms with E-state index in [0.29, 0.717) is 17.5 Å². The Kier molecular flexibility index (Phi) is 7.44. The number of ether oxygens (including phenoxy) is 1. The maximum Gasteiger partial charge on any atom is 0.416 e. The molecule has 1 heterocycles. The van der Waals surface area contributed by atoms with E-state index in [4.69, 9.17) is 4.74 Å². The van der Waals surface area contributed by atoms with Gasteiger partial charge >= 0.3 is 6.18 Å². The van der Waals surface area contributed by atoms with E-state index in [2.05, 4.69) is 15.5 Å². The topological polar surface area (TPSA) is 69.0 Å². The number of benzene rings is 2. The number of aryl methyl sites for hydroxylation is 2. The molecule has 0 unspecified atom stereocenters. The Hall–Kier alpha value is -3.01.